The van der Waals surface area contributed by atoms with Gasteiger partial charge in [0.25, 0.3) is 0 Å². The van der Waals surface area contributed by atoms with Crippen molar-refractivity contribution in [3.05, 3.63) is 28.2 Å². The lowest BCUT2D eigenvalue weighted by molar-refractivity contribution is -0.137. The van der Waals surface area contributed by atoms with Gasteiger partial charge in [-0.3, -0.25) is 0 Å². The third-order valence-corrected chi connectivity index (χ3v) is 3.99. The van der Waals surface area contributed by atoms with E-state index in [0.29, 0.717) is 23.1 Å². The summed E-state index contributed by atoms with van der Waals surface area (Å²) in [6, 6.07) is 3.27. The lowest BCUT2D eigenvalue weighted by Gasteiger charge is -2.11. The number of nitrogens with one attached hydrogen (secondary N) is 1. The normalized spacial score (nSPS) is 12.5. The van der Waals surface area contributed by atoms with Crippen LogP contribution in [0.2, 0.25) is 0 Å². The molecule has 0 aliphatic carbocycles. The Morgan fingerprint density at radius 2 is 1.95 bits per heavy atom. The highest BCUT2D eigenvalue weighted by Gasteiger charge is 2.30. The molecule has 19 heavy (non-hydrogen) atoms. The molecule has 0 heterocycles. The van der Waals surface area contributed by atoms with Gasteiger partial charge in [-0.1, -0.05) is 0 Å². The summed E-state index contributed by atoms with van der Waals surface area (Å²) in [5.41, 5.74) is -0.234. The van der Waals surface area contributed by atoms with Gasteiger partial charge >= 0.3 is 6.18 Å². The summed E-state index contributed by atoms with van der Waals surface area (Å²) in [4.78, 5) is 0. The van der Waals surface area contributed by atoms with Gasteiger partial charge in [0.15, 0.2) is 0 Å². The first-order chi connectivity index (χ1) is 8.59. The van der Waals surface area contributed by atoms with Crippen molar-refractivity contribution in [1.82, 2.24) is 0 Å². The Hall–Kier alpha value is -0.760. The molecule has 1 aromatic carbocycles. The Labute approximate surface area is 118 Å². The minimum atomic E-state index is -4.38. The van der Waals surface area contributed by atoms with E-state index in [2.05, 4.69) is 21.2 Å². The van der Waals surface area contributed by atoms with Crippen LogP contribution in [0.4, 0.5) is 18.9 Å². The molecule has 0 unspecified atom stereocenters. The third kappa shape index (κ3) is 5.82. The fourth-order valence-electron chi connectivity index (χ4n) is 1.39. The molecule has 0 aliphatic heterocycles. The largest absolute Gasteiger partial charge is 0.416 e. The number of benzene rings is 1. The Morgan fingerprint density at radius 3 is 2.42 bits per heavy atom. The summed E-state index contributed by atoms with van der Waals surface area (Å²) >= 11 is 3.05. The van der Waals surface area contributed by atoms with Crippen LogP contribution in [-0.4, -0.2) is 27.0 Å². The van der Waals surface area contributed by atoms with E-state index in [9.17, 15) is 21.6 Å². The maximum Gasteiger partial charge on any atom is 0.416 e. The van der Waals surface area contributed by atoms with Gasteiger partial charge in [-0.05, 0) is 40.5 Å². The molecule has 0 saturated heterocycles. The highest BCUT2D eigenvalue weighted by Crippen LogP contribution is 2.33. The maximum absolute atomic E-state index is 12.4. The van der Waals surface area contributed by atoms with Crippen LogP contribution in [0, 0.1) is 0 Å². The van der Waals surface area contributed by atoms with Gasteiger partial charge in [-0.2, -0.15) is 13.2 Å². The number of hydrogen-bond acceptors (Lipinski definition) is 3. The monoisotopic (exact) mass is 359 g/mol. The number of hydrogen-bond donors (Lipinski definition) is 1. The molecule has 0 spiro atoms. The standard InChI is InChI=1S/C11H13BrF3NO2S/c1-19(17,18)6-2-5-16-10-4-3-8(7-9(10)12)11(13,14)15/h3-4,7,16H,2,5-6H2,1H3. The first-order valence-corrected chi connectivity index (χ1v) is 8.23. The molecule has 0 bridgehead atoms. The lowest BCUT2D eigenvalue weighted by atomic mass is 10.2. The topological polar surface area (TPSA) is 46.2 Å². The summed E-state index contributed by atoms with van der Waals surface area (Å²) in [6.07, 6.45) is -2.84. The second-order valence-corrected chi connectivity index (χ2v) is 7.22. The summed E-state index contributed by atoms with van der Waals surface area (Å²) in [5, 5.41) is 2.89. The zero-order valence-electron chi connectivity index (χ0n) is 10.1. The molecular weight excluding hydrogens is 347 g/mol. The summed E-state index contributed by atoms with van der Waals surface area (Å²) in [5.74, 6) is 0.0399. The van der Waals surface area contributed by atoms with E-state index in [4.69, 9.17) is 0 Å². The van der Waals surface area contributed by atoms with Crippen molar-refractivity contribution in [2.45, 2.75) is 12.6 Å². The molecule has 1 rings (SSSR count). The van der Waals surface area contributed by atoms with E-state index in [0.717, 1.165) is 18.4 Å². The van der Waals surface area contributed by atoms with Gasteiger partial charge in [-0.25, -0.2) is 8.42 Å². The number of halogens is 4. The van der Waals surface area contributed by atoms with Gasteiger partial charge in [-0.15, -0.1) is 0 Å². The average Bonchev–Trinajstić information content (AvgIpc) is 2.23. The fourth-order valence-corrected chi connectivity index (χ4v) is 2.58. The first-order valence-electron chi connectivity index (χ1n) is 5.38. The molecule has 0 radical (unpaired) electrons. The first kappa shape index (κ1) is 16.3. The number of anilines is 1. The molecule has 3 nitrogen and oxygen atoms in total. The second kappa shape index (κ2) is 6.13. The molecule has 0 atom stereocenters. The molecule has 0 aliphatic rings. The minimum absolute atomic E-state index is 0.0399. The van der Waals surface area contributed by atoms with Crippen LogP contribution < -0.4 is 5.32 Å². The third-order valence-electron chi connectivity index (χ3n) is 2.30. The van der Waals surface area contributed by atoms with Gasteiger partial charge in [0.1, 0.15) is 9.84 Å². The van der Waals surface area contributed by atoms with E-state index < -0.39 is 21.6 Å². The predicted molar refractivity (Wildman–Crippen MR) is 72.0 cm³/mol. The molecule has 1 aromatic rings. The molecule has 0 saturated carbocycles. The second-order valence-electron chi connectivity index (χ2n) is 4.10. The Bertz CT molecular complexity index is 543. The van der Waals surface area contributed by atoms with Crippen molar-refractivity contribution >= 4 is 31.5 Å². The summed E-state index contributed by atoms with van der Waals surface area (Å²) < 4.78 is 59.4. The van der Waals surface area contributed by atoms with Gasteiger partial charge in [0.2, 0.25) is 0 Å². The van der Waals surface area contributed by atoms with Crippen LogP contribution in [-0.2, 0) is 16.0 Å². The van der Waals surface area contributed by atoms with E-state index >= 15 is 0 Å². The van der Waals surface area contributed by atoms with Crippen molar-refractivity contribution in [3.8, 4) is 0 Å². The molecule has 1 N–H and O–H groups in total. The van der Waals surface area contributed by atoms with Crippen molar-refractivity contribution in [2.24, 2.45) is 0 Å². The molecule has 0 amide bonds. The minimum Gasteiger partial charge on any atom is -0.384 e. The van der Waals surface area contributed by atoms with Crippen molar-refractivity contribution in [2.75, 3.05) is 23.9 Å². The van der Waals surface area contributed by atoms with Crippen LogP contribution in [0.15, 0.2) is 22.7 Å². The van der Waals surface area contributed by atoms with Crippen molar-refractivity contribution in [3.63, 3.8) is 0 Å². The quantitative estimate of drug-likeness (QED) is 0.820. The summed E-state index contributed by atoms with van der Waals surface area (Å²) in [6.45, 7) is 0.372. The molecule has 0 fully saturated rings. The summed E-state index contributed by atoms with van der Waals surface area (Å²) in [7, 11) is -3.02. The lowest BCUT2D eigenvalue weighted by Crippen LogP contribution is -2.10. The highest BCUT2D eigenvalue weighted by molar-refractivity contribution is 9.10. The van der Waals surface area contributed by atoms with Crippen LogP contribution in [0.1, 0.15) is 12.0 Å². The number of alkyl halides is 3. The van der Waals surface area contributed by atoms with Crippen LogP contribution >= 0.6 is 15.9 Å². The van der Waals surface area contributed by atoms with Crippen LogP contribution in [0.3, 0.4) is 0 Å². The predicted octanol–water partition coefficient (Wildman–Crippen LogP) is 3.31. The van der Waals surface area contributed by atoms with Crippen molar-refractivity contribution in [1.29, 1.82) is 0 Å². The molecule has 0 aromatic heterocycles. The van der Waals surface area contributed by atoms with Crippen molar-refractivity contribution < 1.29 is 21.6 Å². The molecular formula is C11H13BrF3NO2S. The van der Waals surface area contributed by atoms with E-state index in [-0.39, 0.29) is 5.75 Å². The van der Waals surface area contributed by atoms with E-state index in [1.54, 1.807) is 0 Å². The van der Waals surface area contributed by atoms with Crippen LogP contribution in [0.25, 0.3) is 0 Å². The van der Waals surface area contributed by atoms with Gasteiger partial charge in [0, 0.05) is 23.0 Å². The highest BCUT2D eigenvalue weighted by atomic mass is 79.9. The smallest absolute Gasteiger partial charge is 0.384 e. The fraction of sp³-hybridized carbons (Fsp3) is 0.455. The Kier molecular flexibility index (Phi) is 5.26. The zero-order chi connectivity index (χ0) is 14.7. The Balaban J connectivity index is 2.61. The molecule has 108 valence electrons. The van der Waals surface area contributed by atoms with Crippen LogP contribution in [0.5, 0.6) is 0 Å². The zero-order valence-corrected chi connectivity index (χ0v) is 12.5. The van der Waals surface area contributed by atoms with Gasteiger partial charge in [0.05, 0.1) is 11.3 Å². The maximum atomic E-state index is 12.4. The molecule has 8 heteroatoms. The average molecular weight is 360 g/mol. The number of rotatable bonds is 5. The van der Waals surface area contributed by atoms with E-state index in [1.165, 1.54) is 6.07 Å². The number of sulfone groups is 1. The SMILES string of the molecule is CS(=O)(=O)CCCNc1ccc(C(F)(F)F)cc1Br. The van der Waals surface area contributed by atoms with E-state index in [1.807, 2.05) is 0 Å². The van der Waals surface area contributed by atoms with Gasteiger partial charge < -0.3 is 5.32 Å². The Morgan fingerprint density at radius 1 is 1.32 bits per heavy atom.